The second-order valence-electron chi connectivity index (χ2n) is 12.7. The average Bonchev–Trinajstić information content (AvgIpc) is 3.15. The van der Waals surface area contributed by atoms with E-state index in [4.69, 9.17) is 16.3 Å². The van der Waals surface area contributed by atoms with Crippen LogP contribution < -0.4 is 4.74 Å². The molecular formula is C32H42ClNO3. The third-order valence-corrected chi connectivity index (χ3v) is 11.2. The van der Waals surface area contributed by atoms with Gasteiger partial charge in [0.25, 0.3) is 0 Å². The number of fused-ring (bicyclic) bond motifs is 5. The van der Waals surface area contributed by atoms with Crippen molar-refractivity contribution in [3.63, 3.8) is 0 Å². The highest BCUT2D eigenvalue weighted by molar-refractivity contribution is 6.32. The van der Waals surface area contributed by atoms with Crippen molar-refractivity contribution in [1.29, 1.82) is 0 Å². The number of hydrogen-bond donors (Lipinski definition) is 2. The highest BCUT2D eigenvalue weighted by Gasteiger charge is 2.62. The number of hydrogen-bond acceptors (Lipinski definition) is 4. The minimum Gasteiger partial charge on any atom is -0.506 e. The van der Waals surface area contributed by atoms with Crippen molar-refractivity contribution in [2.24, 2.45) is 17.3 Å². The molecule has 2 N–H and O–H groups in total. The van der Waals surface area contributed by atoms with Gasteiger partial charge in [-0.3, -0.25) is 4.90 Å². The third kappa shape index (κ3) is 4.37. The summed E-state index contributed by atoms with van der Waals surface area (Å²) in [5.41, 5.74) is 2.99. The second-order valence-corrected chi connectivity index (χ2v) is 13.0. The molecule has 0 spiro atoms. The van der Waals surface area contributed by atoms with Gasteiger partial charge in [0.2, 0.25) is 0 Å². The smallest absolute Gasteiger partial charge is 0.134 e. The van der Waals surface area contributed by atoms with E-state index >= 15 is 0 Å². The second kappa shape index (κ2) is 9.77. The van der Waals surface area contributed by atoms with Crippen molar-refractivity contribution < 1.29 is 14.9 Å². The van der Waals surface area contributed by atoms with Crippen molar-refractivity contribution in [3.8, 4) is 11.5 Å². The Kier molecular flexibility index (Phi) is 6.74. The molecule has 5 heteroatoms. The largest absolute Gasteiger partial charge is 0.506 e. The van der Waals surface area contributed by atoms with Crippen molar-refractivity contribution in [2.75, 3.05) is 26.2 Å². The van der Waals surface area contributed by atoms with E-state index in [9.17, 15) is 10.2 Å². The number of halogens is 1. The molecule has 0 unspecified atom stereocenters. The fourth-order valence-electron chi connectivity index (χ4n) is 8.57. The summed E-state index contributed by atoms with van der Waals surface area (Å²) < 4.78 is 6.14. The maximum absolute atomic E-state index is 11.6. The molecule has 4 aliphatic rings. The molecule has 1 saturated heterocycles. The van der Waals surface area contributed by atoms with Gasteiger partial charge in [-0.25, -0.2) is 0 Å². The number of aromatic hydroxyl groups is 1. The number of benzene rings is 2. The first-order chi connectivity index (χ1) is 17.8. The summed E-state index contributed by atoms with van der Waals surface area (Å²) >= 11 is 6.64. The Labute approximate surface area is 227 Å². The van der Waals surface area contributed by atoms with Gasteiger partial charge >= 0.3 is 0 Å². The van der Waals surface area contributed by atoms with Crippen LogP contribution in [0, 0.1) is 17.3 Å². The van der Waals surface area contributed by atoms with E-state index in [0.29, 0.717) is 22.8 Å². The van der Waals surface area contributed by atoms with Crippen LogP contribution in [-0.4, -0.2) is 47.0 Å². The van der Waals surface area contributed by atoms with Gasteiger partial charge in [0, 0.05) is 6.54 Å². The third-order valence-electron chi connectivity index (χ3n) is 10.8. The molecule has 4 nitrogen and oxygen atoms in total. The highest BCUT2D eigenvalue weighted by Crippen LogP contribution is 2.68. The first-order valence-corrected chi connectivity index (χ1v) is 14.8. The van der Waals surface area contributed by atoms with Crippen molar-refractivity contribution in [3.05, 3.63) is 58.1 Å². The number of likely N-dealkylation sites (tertiary alicyclic amines) is 1. The van der Waals surface area contributed by atoms with Crippen molar-refractivity contribution in [1.82, 2.24) is 4.90 Å². The van der Waals surface area contributed by atoms with Gasteiger partial charge in [-0.2, -0.15) is 0 Å². The van der Waals surface area contributed by atoms with Crippen LogP contribution in [0.4, 0.5) is 0 Å². The van der Waals surface area contributed by atoms with E-state index < -0.39 is 5.60 Å². The average molecular weight is 524 g/mol. The molecule has 2 saturated carbocycles. The van der Waals surface area contributed by atoms with Gasteiger partial charge in [-0.05, 0) is 129 Å². The predicted octanol–water partition coefficient (Wildman–Crippen LogP) is 6.91. The number of nitrogens with zero attached hydrogens (tertiary/aromatic N) is 1. The lowest BCUT2D eigenvalue weighted by molar-refractivity contribution is -0.0963. The van der Waals surface area contributed by atoms with Gasteiger partial charge < -0.3 is 14.9 Å². The molecule has 0 radical (unpaired) electrons. The van der Waals surface area contributed by atoms with E-state index in [2.05, 4.69) is 49.1 Å². The van der Waals surface area contributed by atoms with E-state index in [1.165, 1.54) is 43.5 Å². The molecule has 1 heterocycles. The molecule has 0 bridgehead atoms. The first kappa shape index (κ1) is 25.5. The van der Waals surface area contributed by atoms with Crippen LogP contribution in [0.3, 0.4) is 0 Å². The maximum atomic E-state index is 11.6. The molecule has 200 valence electrons. The lowest BCUT2D eigenvalue weighted by Gasteiger charge is -2.56. The fourth-order valence-corrected chi connectivity index (χ4v) is 8.84. The van der Waals surface area contributed by atoms with Crippen LogP contribution in [-0.2, 0) is 6.42 Å². The molecule has 6 rings (SSSR count). The summed E-state index contributed by atoms with van der Waals surface area (Å²) in [6, 6.07) is 12.7. The Hall–Kier alpha value is -1.75. The SMILES string of the molecule is C[C@]1(O)CC[C@H]2[C@@H]3CCc4c(ccc(O)c4Cl)[C@H]3[C@@H](c3ccc(OCCN4CCCCC4)cc3)C[C@@]21C. The summed E-state index contributed by atoms with van der Waals surface area (Å²) in [5.74, 6) is 2.76. The zero-order valence-electron chi connectivity index (χ0n) is 22.4. The molecule has 2 aromatic carbocycles. The van der Waals surface area contributed by atoms with Gasteiger partial charge in [0.15, 0.2) is 0 Å². The summed E-state index contributed by atoms with van der Waals surface area (Å²) in [4.78, 5) is 2.51. The Bertz CT molecular complexity index is 1130. The van der Waals surface area contributed by atoms with Crippen LogP contribution in [0.15, 0.2) is 36.4 Å². The molecule has 37 heavy (non-hydrogen) atoms. The number of rotatable bonds is 5. The fraction of sp³-hybridized carbons (Fsp3) is 0.625. The molecule has 2 aromatic rings. The first-order valence-electron chi connectivity index (χ1n) is 14.5. The molecule has 0 aromatic heterocycles. The molecule has 0 amide bonds. The summed E-state index contributed by atoms with van der Waals surface area (Å²) in [6.07, 6.45) is 8.84. The Morgan fingerprint density at radius 2 is 1.78 bits per heavy atom. The van der Waals surface area contributed by atoms with Crippen LogP contribution >= 0.6 is 11.6 Å². The van der Waals surface area contributed by atoms with Gasteiger partial charge in [-0.1, -0.05) is 43.1 Å². The van der Waals surface area contributed by atoms with Gasteiger partial charge in [0.05, 0.1) is 10.6 Å². The van der Waals surface area contributed by atoms with Gasteiger partial charge in [0.1, 0.15) is 18.1 Å². The van der Waals surface area contributed by atoms with Crippen LogP contribution in [0.1, 0.15) is 87.3 Å². The Balaban J connectivity index is 1.28. The predicted molar refractivity (Wildman–Crippen MR) is 149 cm³/mol. The topological polar surface area (TPSA) is 52.9 Å². The lowest BCUT2D eigenvalue weighted by atomic mass is 9.49. The molecule has 3 aliphatic carbocycles. The van der Waals surface area contributed by atoms with E-state index in [1.807, 2.05) is 0 Å². The summed E-state index contributed by atoms with van der Waals surface area (Å²) in [6.45, 7) is 8.51. The number of aliphatic hydroxyl groups is 1. The number of phenolic OH excluding ortho intramolecular Hbond substituents is 1. The number of phenols is 1. The van der Waals surface area contributed by atoms with Crippen molar-refractivity contribution >= 4 is 11.6 Å². The van der Waals surface area contributed by atoms with Crippen LogP contribution in [0.5, 0.6) is 11.5 Å². The normalized spacial score (nSPS) is 35.5. The van der Waals surface area contributed by atoms with Gasteiger partial charge in [-0.15, -0.1) is 0 Å². The lowest BCUT2D eigenvalue weighted by Crippen LogP contribution is -2.51. The number of piperidine rings is 1. The van der Waals surface area contributed by atoms with E-state index in [-0.39, 0.29) is 17.1 Å². The summed E-state index contributed by atoms with van der Waals surface area (Å²) in [5, 5.41) is 22.4. The van der Waals surface area contributed by atoms with Crippen LogP contribution in [0.2, 0.25) is 5.02 Å². The summed E-state index contributed by atoms with van der Waals surface area (Å²) in [7, 11) is 0. The minimum atomic E-state index is -0.648. The van der Waals surface area contributed by atoms with Crippen molar-refractivity contribution in [2.45, 2.75) is 82.7 Å². The molecule has 6 atom stereocenters. The Morgan fingerprint density at radius 1 is 1.03 bits per heavy atom. The van der Waals surface area contributed by atoms with E-state index in [1.54, 1.807) is 6.07 Å². The quantitative estimate of drug-likeness (QED) is 0.447. The maximum Gasteiger partial charge on any atom is 0.134 e. The molecule has 1 aliphatic heterocycles. The highest BCUT2D eigenvalue weighted by atomic mass is 35.5. The molecule has 3 fully saturated rings. The monoisotopic (exact) mass is 523 g/mol. The zero-order valence-corrected chi connectivity index (χ0v) is 23.1. The van der Waals surface area contributed by atoms with E-state index in [0.717, 1.165) is 56.6 Å². The van der Waals surface area contributed by atoms with Crippen LogP contribution in [0.25, 0.3) is 0 Å². The molecular weight excluding hydrogens is 482 g/mol. The number of ether oxygens (including phenoxy) is 1. The Morgan fingerprint density at radius 3 is 2.54 bits per heavy atom. The standard InChI is InChI=1S/C32H42ClNO3/c1-31-20-26(21-6-8-22(9-7-21)37-19-18-34-16-4-3-5-17-34)29-23-12-13-28(35)30(33)24(23)10-11-25(29)27(31)14-15-32(31,2)36/h6-9,12-13,25-27,29,35-36H,3-5,10-11,14-20H2,1-2H3/t25-,26+,27-,29+,31-,32-/m0/s1. The minimum absolute atomic E-state index is 0.110. The zero-order chi connectivity index (χ0) is 25.8.